The molecule has 1 amide bonds. The summed E-state index contributed by atoms with van der Waals surface area (Å²) in [4.78, 5) is 58.1. The van der Waals surface area contributed by atoms with Gasteiger partial charge in [0.2, 0.25) is 0 Å². The van der Waals surface area contributed by atoms with Crippen molar-refractivity contribution in [3.05, 3.63) is 113 Å². The molecule has 2 N–H and O–H groups in total. The number of para-hydroxylation sites is 1. The van der Waals surface area contributed by atoms with Gasteiger partial charge in [-0.15, -0.1) is 0 Å². The molecule has 0 bridgehead atoms. The molecule has 2 atom stereocenters. The average Bonchev–Trinajstić information content (AvgIpc) is 3.26. The molecular weight excluding hydrogens is 550 g/mol. The Kier molecular flexibility index (Phi) is 7.58. The highest BCUT2D eigenvalue weighted by molar-refractivity contribution is 6.05. The van der Waals surface area contributed by atoms with Gasteiger partial charge in [0.05, 0.1) is 12.2 Å². The van der Waals surface area contributed by atoms with Gasteiger partial charge in [0, 0.05) is 33.9 Å². The van der Waals surface area contributed by atoms with Gasteiger partial charge in [-0.25, -0.2) is 18.4 Å². The second-order valence-electron chi connectivity index (χ2n) is 9.49. The molecule has 2 unspecified atom stereocenters. The van der Waals surface area contributed by atoms with Gasteiger partial charge >= 0.3 is 17.9 Å². The number of aliphatic carboxylic acids is 1. The summed E-state index contributed by atoms with van der Waals surface area (Å²) in [6.45, 7) is 0.428. The number of carboxylic acid groups (broad SMARTS) is 1. The largest absolute Gasteiger partial charge is 0.479 e. The fraction of sp³-hybridized carbons (Fsp3) is 0.161. The first-order chi connectivity index (χ1) is 20.2. The first kappa shape index (κ1) is 28.2. The second-order valence-corrected chi connectivity index (χ2v) is 9.49. The van der Waals surface area contributed by atoms with Crippen molar-refractivity contribution in [3.8, 4) is 0 Å². The van der Waals surface area contributed by atoms with Gasteiger partial charge in [-0.2, -0.15) is 0 Å². The van der Waals surface area contributed by atoms with Crippen molar-refractivity contribution in [1.29, 1.82) is 0 Å². The van der Waals surface area contributed by atoms with Crippen molar-refractivity contribution in [2.24, 2.45) is 0 Å². The molecule has 1 aliphatic rings. The normalized spacial score (nSPS) is 17.8. The lowest BCUT2D eigenvalue weighted by molar-refractivity contribution is -0.163. The van der Waals surface area contributed by atoms with Crippen LogP contribution in [0.4, 0.5) is 8.78 Å². The van der Waals surface area contributed by atoms with E-state index in [-0.39, 0.29) is 23.3 Å². The van der Waals surface area contributed by atoms with E-state index in [0.29, 0.717) is 16.6 Å². The van der Waals surface area contributed by atoms with E-state index in [0.717, 1.165) is 41.3 Å². The molecule has 214 valence electrons. The van der Waals surface area contributed by atoms with Crippen molar-refractivity contribution >= 4 is 40.8 Å². The van der Waals surface area contributed by atoms with Crippen LogP contribution in [0.2, 0.25) is 0 Å². The summed E-state index contributed by atoms with van der Waals surface area (Å²) in [5.74, 6) is -7.51. The van der Waals surface area contributed by atoms with Crippen LogP contribution in [0.15, 0.2) is 79.0 Å². The highest BCUT2D eigenvalue weighted by Crippen LogP contribution is 2.44. The van der Waals surface area contributed by atoms with E-state index in [1.165, 1.54) is 24.4 Å². The van der Waals surface area contributed by atoms with Crippen molar-refractivity contribution in [2.75, 3.05) is 13.2 Å². The van der Waals surface area contributed by atoms with Crippen molar-refractivity contribution in [2.45, 2.75) is 18.4 Å². The number of amides is 1. The van der Waals surface area contributed by atoms with E-state index in [4.69, 9.17) is 9.47 Å². The van der Waals surface area contributed by atoms with E-state index in [9.17, 15) is 33.1 Å². The zero-order valence-corrected chi connectivity index (χ0v) is 22.2. The predicted molar refractivity (Wildman–Crippen MR) is 146 cm³/mol. The summed E-state index contributed by atoms with van der Waals surface area (Å²) in [6, 6.07) is 15.6. The number of hydrogen-bond donors (Lipinski definition) is 2. The summed E-state index contributed by atoms with van der Waals surface area (Å²) in [6.07, 6.45) is 2.62. The Morgan fingerprint density at radius 3 is 2.14 bits per heavy atom. The van der Waals surface area contributed by atoms with Crippen LogP contribution in [-0.2, 0) is 19.1 Å². The Labute approximate surface area is 238 Å². The number of H-pyrrole nitrogens is 1. The van der Waals surface area contributed by atoms with Crippen molar-refractivity contribution in [3.63, 3.8) is 0 Å². The Morgan fingerprint density at radius 2 is 1.52 bits per heavy atom. The number of carbonyl (C=O) groups excluding carboxylic acids is 3. The van der Waals surface area contributed by atoms with Crippen LogP contribution in [0.25, 0.3) is 17.0 Å². The first-order valence-corrected chi connectivity index (χ1v) is 12.9. The zero-order valence-electron chi connectivity index (χ0n) is 22.2. The number of ether oxygens (including phenoxy) is 2. The molecule has 0 radical (unpaired) electrons. The van der Waals surface area contributed by atoms with Crippen LogP contribution in [0.5, 0.6) is 0 Å². The molecule has 4 aromatic rings. The lowest BCUT2D eigenvalue weighted by Crippen LogP contribution is -2.63. The van der Waals surface area contributed by atoms with Gasteiger partial charge < -0.3 is 19.6 Å². The van der Waals surface area contributed by atoms with Gasteiger partial charge in [-0.1, -0.05) is 18.2 Å². The molecule has 0 fully saturated rings. The molecule has 3 aromatic carbocycles. The minimum atomic E-state index is -2.58. The van der Waals surface area contributed by atoms with E-state index in [2.05, 4.69) is 4.98 Å². The highest BCUT2D eigenvalue weighted by atomic mass is 19.1. The van der Waals surface area contributed by atoms with Crippen LogP contribution < -0.4 is 0 Å². The fourth-order valence-corrected chi connectivity index (χ4v) is 5.09. The number of esters is 2. The number of rotatable bonds is 7. The van der Waals surface area contributed by atoms with E-state index < -0.39 is 53.5 Å². The number of aromatic amines is 1. The Hall–Kier alpha value is -5.32. The fourth-order valence-electron chi connectivity index (χ4n) is 5.09. The quantitative estimate of drug-likeness (QED) is 0.301. The molecular formula is C31H24F2N2O7. The molecule has 1 aliphatic heterocycles. The molecule has 0 saturated carbocycles. The molecule has 0 spiro atoms. The Balaban J connectivity index is 1.73. The van der Waals surface area contributed by atoms with Gasteiger partial charge in [0.25, 0.3) is 5.91 Å². The second kappa shape index (κ2) is 11.3. The third-order valence-corrected chi connectivity index (χ3v) is 7.07. The molecule has 0 aliphatic carbocycles. The number of benzene rings is 3. The SMILES string of the molecule is CCOC(=O)C1c2c([nH]c3ccccc23)C=CN(C(=O)c2ccc(F)cc2)C1(COC(=O)c1ccc(F)cc1)C(=O)O. The van der Waals surface area contributed by atoms with Gasteiger partial charge in [0.15, 0.2) is 5.54 Å². The number of halogens is 2. The molecule has 9 nitrogen and oxygen atoms in total. The number of carbonyl (C=O) groups is 4. The lowest BCUT2D eigenvalue weighted by Gasteiger charge is -2.41. The first-order valence-electron chi connectivity index (χ1n) is 12.9. The summed E-state index contributed by atoms with van der Waals surface area (Å²) < 4.78 is 38.0. The summed E-state index contributed by atoms with van der Waals surface area (Å²) in [5, 5.41) is 11.4. The third kappa shape index (κ3) is 4.89. The molecule has 0 saturated heterocycles. The molecule has 5 rings (SSSR count). The van der Waals surface area contributed by atoms with E-state index in [1.807, 2.05) is 0 Å². The number of carboxylic acids is 1. The van der Waals surface area contributed by atoms with E-state index in [1.54, 1.807) is 31.2 Å². The summed E-state index contributed by atoms with van der Waals surface area (Å²) in [5.41, 5.74) is -1.62. The van der Waals surface area contributed by atoms with Crippen LogP contribution in [0, 0.1) is 11.6 Å². The number of aromatic nitrogens is 1. The summed E-state index contributed by atoms with van der Waals surface area (Å²) >= 11 is 0. The van der Waals surface area contributed by atoms with Crippen LogP contribution in [0.3, 0.4) is 0 Å². The number of fused-ring (bicyclic) bond motifs is 3. The predicted octanol–water partition coefficient (Wildman–Crippen LogP) is 4.90. The zero-order chi connectivity index (χ0) is 30.0. The summed E-state index contributed by atoms with van der Waals surface area (Å²) in [7, 11) is 0. The lowest BCUT2D eigenvalue weighted by atomic mass is 9.77. The van der Waals surface area contributed by atoms with Gasteiger partial charge in [0.1, 0.15) is 24.2 Å². The topological polar surface area (TPSA) is 126 Å². The Morgan fingerprint density at radius 1 is 0.905 bits per heavy atom. The maximum absolute atomic E-state index is 13.9. The number of hydrogen-bond acceptors (Lipinski definition) is 6. The molecule has 1 aromatic heterocycles. The maximum Gasteiger partial charge on any atom is 0.338 e. The van der Waals surface area contributed by atoms with Gasteiger partial charge in [-0.3, -0.25) is 14.5 Å². The molecule has 42 heavy (non-hydrogen) atoms. The molecule has 11 heteroatoms. The smallest absolute Gasteiger partial charge is 0.338 e. The minimum Gasteiger partial charge on any atom is -0.479 e. The van der Waals surface area contributed by atoms with Crippen molar-refractivity contribution < 1.29 is 42.5 Å². The number of nitrogens with zero attached hydrogens (tertiary/aromatic N) is 1. The van der Waals surface area contributed by atoms with Crippen molar-refractivity contribution in [1.82, 2.24) is 9.88 Å². The number of nitrogens with one attached hydrogen (secondary N) is 1. The van der Waals surface area contributed by atoms with Crippen LogP contribution >= 0.6 is 0 Å². The van der Waals surface area contributed by atoms with Crippen LogP contribution in [-0.4, -0.2) is 57.6 Å². The van der Waals surface area contributed by atoms with Crippen LogP contribution in [0.1, 0.15) is 44.8 Å². The average molecular weight is 575 g/mol. The molecule has 2 heterocycles. The maximum atomic E-state index is 13.9. The third-order valence-electron chi connectivity index (χ3n) is 7.07. The highest BCUT2D eigenvalue weighted by Gasteiger charge is 2.59. The standard InChI is InChI=1S/C31H24F2N2O7/c1-2-41-29(38)26-25-22-5-3-4-6-23(22)34-24(25)15-16-35(27(36)18-7-11-20(32)12-8-18)31(26,30(39)40)17-42-28(37)19-9-13-21(33)14-10-19/h3-16,26,34H,2,17H2,1H3,(H,39,40). The Bertz CT molecular complexity index is 1710. The minimum absolute atomic E-state index is 0.0852. The van der Waals surface area contributed by atoms with Gasteiger partial charge in [-0.05, 0) is 67.6 Å². The monoisotopic (exact) mass is 574 g/mol. The van der Waals surface area contributed by atoms with E-state index >= 15 is 0 Å².